The molecule has 1 aromatic carbocycles. The van der Waals surface area contributed by atoms with E-state index in [-0.39, 0.29) is 5.91 Å². The third-order valence-corrected chi connectivity index (χ3v) is 5.69. The molecule has 0 bridgehead atoms. The zero-order chi connectivity index (χ0) is 17.3. The summed E-state index contributed by atoms with van der Waals surface area (Å²) in [4.78, 5) is 16.3. The highest BCUT2D eigenvalue weighted by Gasteiger charge is 2.56. The number of nitrogens with zero attached hydrogens (tertiary/aromatic N) is 1. The minimum Gasteiger partial charge on any atom is -0.479 e. The molecule has 1 fully saturated rings. The number of ether oxygens (including phenoxy) is 1. The molecule has 1 spiro atoms. The standard InChI is InChI=1S/C21H24N2O2/c1-15(25-18-8-5-11-22-14-18)20(24)23-13-17-12-21(17)10-4-7-16-6-2-3-9-19(16)21/h2-3,5-6,8-9,11,14-15,17H,4,7,10,12-13H2,1H3,(H,23,24)/t15-,17+,21+/m0/s1. The second kappa shape index (κ2) is 6.51. The summed E-state index contributed by atoms with van der Waals surface area (Å²) in [5.41, 5.74) is 3.31. The van der Waals surface area contributed by atoms with E-state index in [1.807, 2.05) is 6.07 Å². The Labute approximate surface area is 148 Å². The van der Waals surface area contributed by atoms with E-state index in [1.165, 1.54) is 36.8 Å². The van der Waals surface area contributed by atoms with E-state index in [1.54, 1.807) is 25.4 Å². The Kier molecular flexibility index (Phi) is 4.20. The Morgan fingerprint density at radius 1 is 1.36 bits per heavy atom. The van der Waals surface area contributed by atoms with Crippen LogP contribution in [-0.2, 0) is 16.6 Å². The lowest BCUT2D eigenvalue weighted by atomic mass is 9.78. The molecule has 1 saturated carbocycles. The van der Waals surface area contributed by atoms with Crippen molar-refractivity contribution in [2.24, 2.45) is 5.92 Å². The van der Waals surface area contributed by atoms with Gasteiger partial charge in [0.05, 0.1) is 6.20 Å². The van der Waals surface area contributed by atoms with Crippen molar-refractivity contribution in [3.05, 3.63) is 59.9 Å². The maximum Gasteiger partial charge on any atom is 0.260 e. The number of benzene rings is 1. The van der Waals surface area contributed by atoms with Crippen molar-refractivity contribution in [1.82, 2.24) is 10.3 Å². The van der Waals surface area contributed by atoms with Gasteiger partial charge in [-0.15, -0.1) is 0 Å². The average molecular weight is 336 g/mol. The van der Waals surface area contributed by atoms with Gasteiger partial charge in [-0.05, 0) is 61.8 Å². The fourth-order valence-corrected chi connectivity index (χ4v) is 4.28. The van der Waals surface area contributed by atoms with E-state index in [2.05, 4.69) is 34.6 Å². The Morgan fingerprint density at radius 2 is 2.24 bits per heavy atom. The first-order chi connectivity index (χ1) is 12.2. The Hall–Kier alpha value is -2.36. The summed E-state index contributed by atoms with van der Waals surface area (Å²) < 4.78 is 5.65. The summed E-state index contributed by atoms with van der Waals surface area (Å²) >= 11 is 0. The number of rotatable bonds is 5. The van der Waals surface area contributed by atoms with E-state index in [4.69, 9.17) is 4.74 Å². The molecule has 2 aliphatic rings. The van der Waals surface area contributed by atoms with Crippen LogP contribution in [0.4, 0.5) is 0 Å². The highest BCUT2D eigenvalue weighted by atomic mass is 16.5. The van der Waals surface area contributed by atoms with Crippen LogP contribution in [0, 0.1) is 5.92 Å². The van der Waals surface area contributed by atoms with Gasteiger partial charge in [-0.2, -0.15) is 0 Å². The quantitative estimate of drug-likeness (QED) is 0.912. The number of carbonyl (C=O) groups excluding carboxylic acids is 1. The highest BCUT2D eigenvalue weighted by molar-refractivity contribution is 5.80. The van der Waals surface area contributed by atoms with Gasteiger partial charge in [0.2, 0.25) is 0 Å². The second-order valence-electron chi connectivity index (χ2n) is 7.26. The Morgan fingerprint density at radius 3 is 3.08 bits per heavy atom. The zero-order valence-electron chi connectivity index (χ0n) is 14.6. The third-order valence-electron chi connectivity index (χ3n) is 5.69. The first-order valence-corrected chi connectivity index (χ1v) is 9.12. The van der Waals surface area contributed by atoms with Gasteiger partial charge in [0.15, 0.2) is 6.10 Å². The van der Waals surface area contributed by atoms with Crippen LogP contribution in [0.25, 0.3) is 0 Å². The summed E-state index contributed by atoms with van der Waals surface area (Å²) in [5, 5.41) is 3.08. The van der Waals surface area contributed by atoms with Crippen LogP contribution < -0.4 is 10.1 Å². The van der Waals surface area contributed by atoms with Gasteiger partial charge in [0.1, 0.15) is 5.75 Å². The lowest BCUT2D eigenvalue weighted by Gasteiger charge is -2.27. The van der Waals surface area contributed by atoms with Crippen molar-refractivity contribution in [3.63, 3.8) is 0 Å². The van der Waals surface area contributed by atoms with E-state index >= 15 is 0 Å². The largest absolute Gasteiger partial charge is 0.479 e. The maximum absolute atomic E-state index is 12.3. The Bertz CT molecular complexity index is 762. The molecule has 4 nitrogen and oxygen atoms in total. The van der Waals surface area contributed by atoms with E-state index in [9.17, 15) is 4.79 Å². The number of amides is 1. The van der Waals surface area contributed by atoms with Crippen molar-refractivity contribution in [3.8, 4) is 5.75 Å². The third kappa shape index (κ3) is 3.13. The molecular formula is C21H24N2O2. The van der Waals surface area contributed by atoms with E-state index < -0.39 is 6.10 Å². The zero-order valence-corrected chi connectivity index (χ0v) is 14.6. The van der Waals surface area contributed by atoms with Gasteiger partial charge in [-0.1, -0.05) is 24.3 Å². The normalized spacial score (nSPS) is 25.1. The van der Waals surface area contributed by atoms with E-state index in [0.29, 0.717) is 17.1 Å². The molecule has 0 aliphatic heterocycles. The number of aromatic nitrogens is 1. The lowest BCUT2D eigenvalue weighted by molar-refractivity contribution is -0.127. The van der Waals surface area contributed by atoms with Crippen LogP contribution in [0.1, 0.15) is 37.3 Å². The first-order valence-electron chi connectivity index (χ1n) is 9.12. The molecule has 0 saturated heterocycles. The number of hydrogen-bond donors (Lipinski definition) is 1. The molecule has 2 aliphatic carbocycles. The average Bonchev–Trinajstić information content (AvgIpc) is 3.34. The van der Waals surface area contributed by atoms with Crippen LogP contribution in [-0.4, -0.2) is 23.5 Å². The number of pyridine rings is 1. The molecule has 1 N–H and O–H groups in total. The van der Waals surface area contributed by atoms with Crippen LogP contribution in [0.5, 0.6) is 5.75 Å². The van der Waals surface area contributed by atoms with Crippen molar-refractivity contribution < 1.29 is 9.53 Å². The highest BCUT2D eigenvalue weighted by Crippen LogP contribution is 2.59. The predicted molar refractivity (Wildman–Crippen MR) is 96.5 cm³/mol. The van der Waals surface area contributed by atoms with Gasteiger partial charge in [-0.25, -0.2) is 0 Å². The molecule has 130 valence electrons. The maximum atomic E-state index is 12.3. The van der Waals surface area contributed by atoms with Crippen LogP contribution in [0.3, 0.4) is 0 Å². The summed E-state index contributed by atoms with van der Waals surface area (Å²) in [7, 11) is 0. The molecule has 2 aromatic rings. The number of carbonyl (C=O) groups is 1. The summed E-state index contributed by atoms with van der Waals surface area (Å²) in [6.07, 6.45) is 7.66. The topological polar surface area (TPSA) is 51.2 Å². The predicted octanol–water partition coefficient (Wildman–Crippen LogP) is 3.26. The van der Waals surface area contributed by atoms with Gasteiger partial charge < -0.3 is 10.1 Å². The summed E-state index contributed by atoms with van der Waals surface area (Å²) in [6, 6.07) is 12.4. The molecule has 3 atom stereocenters. The minimum atomic E-state index is -0.516. The lowest BCUT2D eigenvalue weighted by Crippen LogP contribution is -2.38. The Balaban J connectivity index is 1.34. The molecular weight excluding hydrogens is 312 g/mol. The van der Waals surface area contributed by atoms with Crippen molar-refractivity contribution in [2.75, 3.05) is 6.54 Å². The molecule has 4 rings (SSSR count). The molecule has 4 heteroatoms. The number of aryl methyl sites for hydroxylation is 1. The van der Waals surface area contributed by atoms with Crippen LogP contribution >= 0.6 is 0 Å². The van der Waals surface area contributed by atoms with Gasteiger partial charge in [0, 0.05) is 18.2 Å². The molecule has 0 unspecified atom stereocenters. The van der Waals surface area contributed by atoms with E-state index in [0.717, 1.165) is 6.54 Å². The van der Waals surface area contributed by atoms with Gasteiger partial charge in [0.25, 0.3) is 5.91 Å². The number of hydrogen-bond acceptors (Lipinski definition) is 3. The van der Waals surface area contributed by atoms with Crippen molar-refractivity contribution >= 4 is 5.91 Å². The molecule has 1 heterocycles. The molecule has 0 radical (unpaired) electrons. The van der Waals surface area contributed by atoms with Crippen molar-refractivity contribution in [2.45, 2.75) is 44.1 Å². The first kappa shape index (κ1) is 16.1. The SMILES string of the molecule is C[C@H](Oc1cccnc1)C(=O)NC[C@H]1C[C@]12CCCc1ccccc12. The molecule has 25 heavy (non-hydrogen) atoms. The van der Waals surface area contributed by atoms with Crippen LogP contribution in [0.15, 0.2) is 48.8 Å². The minimum absolute atomic E-state index is 0.0602. The van der Waals surface area contributed by atoms with Gasteiger partial charge >= 0.3 is 0 Å². The second-order valence-corrected chi connectivity index (χ2v) is 7.26. The van der Waals surface area contributed by atoms with Gasteiger partial charge in [-0.3, -0.25) is 9.78 Å². The van der Waals surface area contributed by atoms with Crippen LogP contribution in [0.2, 0.25) is 0 Å². The summed E-state index contributed by atoms with van der Waals surface area (Å²) in [5.74, 6) is 1.10. The number of nitrogens with one attached hydrogen (secondary N) is 1. The number of fused-ring (bicyclic) bond motifs is 2. The summed E-state index contributed by atoms with van der Waals surface area (Å²) in [6.45, 7) is 2.51. The fraction of sp³-hybridized carbons (Fsp3) is 0.429. The monoisotopic (exact) mass is 336 g/mol. The smallest absolute Gasteiger partial charge is 0.260 e. The molecule has 1 aromatic heterocycles. The molecule has 1 amide bonds. The fourth-order valence-electron chi connectivity index (χ4n) is 4.28. The van der Waals surface area contributed by atoms with Crippen molar-refractivity contribution in [1.29, 1.82) is 0 Å².